The molecule has 206 valence electrons. The van der Waals surface area contributed by atoms with Gasteiger partial charge >= 0.3 is 6.18 Å². The highest BCUT2D eigenvalue weighted by atomic mass is 19.4. The average Bonchev–Trinajstić information content (AvgIpc) is 3.67. The Labute approximate surface area is 221 Å². The maximum Gasteiger partial charge on any atom is 0.418 e. The Morgan fingerprint density at radius 2 is 2.08 bits per heavy atom. The van der Waals surface area contributed by atoms with Crippen molar-refractivity contribution in [1.82, 2.24) is 10.2 Å². The van der Waals surface area contributed by atoms with Crippen LogP contribution in [0, 0.1) is 22.7 Å². The number of fused-ring (bicyclic) bond motifs is 3. The highest BCUT2D eigenvalue weighted by molar-refractivity contribution is 5.85. The van der Waals surface area contributed by atoms with Crippen molar-refractivity contribution in [3.8, 4) is 6.07 Å². The van der Waals surface area contributed by atoms with Gasteiger partial charge in [0.2, 0.25) is 5.91 Å². The Kier molecular flexibility index (Phi) is 6.60. The van der Waals surface area contributed by atoms with E-state index < -0.39 is 11.7 Å². The molecule has 0 aromatic heterocycles. The van der Waals surface area contributed by atoms with E-state index in [4.69, 9.17) is 9.47 Å². The fourth-order valence-corrected chi connectivity index (χ4v) is 8.13. The van der Waals surface area contributed by atoms with E-state index in [1.54, 1.807) is 12.0 Å². The summed E-state index contributed by atoms with van der Waals surface area (Å²) in [5.74, 6) is 0.543. The van der Waals surface area contributed by atoms with Crippen molar-refractivity contribution in [3.05, 3.63) is 29.3 Å². The summed E-state index contributed by atoms with van der Waals surface area (Å²) in [5.41, 5.74) is -0.828. The van der Waals surface area contributed by atoms with Gasteiger partial charge in [-0.05, 0) is 62.6 Å². The number of methoxy groups -OCH3 is 1. The first-order valence-electron chi connectivity index (χ1n) is 13.8. The molecule has 3 heterocycles. The molecule has 5 aliphatic rings. The summed E-state index contributed by atoms with van der Waals surface area (Å²) in [7, 11) is 1.71. The molecule has 2 aliphatic carbocycles. The molecule has 3 aliphatic heterocycles. The zero-order chi connectivity index (χ0) is 26.7. The lowest BCUT2D eigenvalue weighted by molar-refractivity contribution is -0.145. The Hall–Kier alpha value is -2.35. The molecule has 38 heavy (non-hydrogen) atoms. The van der Waals surface area contributed by atoms with Gasteiger partial charge in [0.1, 0.15) is 0 Å². The Bertz CT molecular complexity index is 1120. The SMILES string of the molecule is CO[C@@H]1COCC[C@@H]1N[C@@H]1C[C@H]2CCC[C@@]2(C(=O)N2C[C@@H]3C[C@H]2CN3c2cc(C#N)ccc2C(F)(F)F)C1. The van der Waals surface area contributed by atoms with Crippen LogP contribution in [0.2, 0.25) is 0 Å². The molecule has 7 nitrogen and oxygen atoms in total. The van der Waals surface area contributed by atoms with Gasteiger partial charge in [0, 0.05) is 44.9 Å². The van der Waals surface area contributed by atoms with Gasteiger partial charge in [0.25, 0.3) is 0 Å². The van der Waals surface area contributed by atoms with E-state index in [1.807, 2.05) is 11.0 Å². The smallest absolute Gasteiger partial charge is 0.379 e. The maximum atomic E-state index is 14.2. The van der Waals surface area contributed by atoms with E-state index in [2.05, 4.69) is 5.32 Å². The van der Waals surface area contributed by atoms with E-state index in [1.165, 1.54) is 12.1 Å². The van der Waals surface area contributed by atoms with Crippen LogP contribution >= 0.6 is 0 Å². The Balaban J connectivity index is 1.17. The largest absolute Gasteiger partial charge is 0.418 e. The number of likely N-dealkylation sites (tertiary alicyclic amines) is 1. The minimum absolute atomic E-state index is 0.0114. The number of nitrogens with one attached hydrogen (secondary N) is 1. The fourth-order valence-electron chi connectivity index (χ4n) is 8.13. The molecule has 1 N–H and O–H groups in total. The van der Waals surface area contributed by atoms with Crippen molar-refractivity contribution >= 4 is 11.6 Å². The fraction of sp³-hybridized carbons (Fsp3) is 0.714. The first-order valence-corrected chi connectivity index (χ1v) is 13.8. The van der Waals surface area contributed by atoms with Gasteiger partial charge in [-0.15, -0.1) is 0 Å². The predicted molar refractivity (Wildman–Crippen MR) is 133 cm³/mol. The predicted octanol–water partition coefficient (Wildman–Crippen LogP) is 3.71. The van der Waals surface area contributed by atoms with Gasteiger partial charge in [-0.25, -0.2) is 0 Å². The highest BCUT2D eigenvalue weighted by Gasteiger charge is 2.59. The number of anilines is 1. The molecule has 3 saturated heterocycles. The van der Waals surface area contributed by atoms with Gasteiger partial charge in [-0.2, -0.15) is 18.4 Å². The van der Waals surface area contributed by atoms with Crippen LogP contribution in [0.15, 0.2) is 18.2 Å². The zero-order valence-corrected chi connectivity index (χ0v) is 21.7. The van der Waals surface area contributed by atoms with E-state index in [-0.39, 0.29) is 52.8 Å². The van der Waals surface area contributed by atoms with Gasteiger partial charge in [-0.1, -0.05) is 6.42 Å². The first-order chi connectivity index (χ1) is 18.2. The number of benzene rings is 1. The number of amides is 1. The van der Waals surface area contributed by atoms with E-state index >= 15 is 0 Å². The summed E-state index contributed by atoms with van der Waals surface area (Å²) in [6.45, 7) is 2.09. The molecule has 0 unspecified atom stereocenters. The number of nitriles is 1. The van der Waals surface area contributed by atoms with Crippen molar-refractivity contribution in [3.63, 3.8) is 0 Å². The molecule has 1 aromatic carbocycles. The third kappa shape index (κ3) is 4.27. The molecule has 2 bridgehead atoms. The Morgan fingerprint density at radius 1 is 1.24 bits per heavy atom. The Morgan fingerprint density at radius 3 is 2.79 bits per heavy atom. The minimum atomic E-state index is -4.51. The zero-order valence-electron chi connectivity index (χ0n) is 21.7. The van der Waals surface area contributed by atoms with Gasteiger partial charge in [0.15, 0.2) is 0 Å². The lowest BCUT2D eigenvalue weighted by atomic mass is 9.78. The van der Waals surface area contributed by atoms with Gasteiger partial charge in [-0.3, -0.25) is 4.79 Å². The highest BCUT2D eigenvalue weighted by Crippen LogP contribution is 2.56. The summed E-state index contributed by atoms with van der Waals surface area (Å²) in [6.07, 6.45) is 1.83. The van der Waals surface area contributed by atoms with Crippen LogP contribution in [0.25, 0.3) is 0 Å². The summed E-state index contributed by atoms with van der Waals surface area (Å²) < 4.78 is 52.6. The van der Waals surface area contributed by atoms with E-state index in [9.17, 15) is 23.2 Å². The molecule has 1 amide bonds. The average molecular weight is 533 g/mol. The lowest BCUT2D eigenvalue weighted by Crippen LogP contribution is -2.54. The van der Waals surface area contributed by atoms with Crippen molar-refractivity contribution < 1.29 is 27.4 Å². The summed E-state index contributed by atoms with van der Waals surface area (Å²) in [6, 6.07) is 5.73. The second kappa shape index (κ2) is 9.68. The van der Waals surface area contributed by atoms with Crippen molar-refractivity contribution in [2.24, 2.45) is 11.3 Å². The standard InChI is InChI=1S/C28H35F3N4O3/c1-37-25-16-38-8-6-23(25)33-19-10-18-3-2-7-27(18,12-19)26(36)35-15-20-11-21(35)14-34(20)24-9-17(13-32)4-5-22(24)28(29,30)31/h4-5,9,18-21,23,25,33H,2-3,6-8,10-12,14-16H2,1H3/t18-,19-,20+,21+,23+,25-,27-/m1/s1. The normalized spacial score (nSPS) is 36.5. The molecule has 5 fully saturated rings. The molecule has 0 spiro atoms. The second-order valence-electron chi connectivity index (χ2n) is 11.8. The number of halogens is 3. The van der Waals surface area contributed by atoms with Crippen LogP contribution < -0.4 is 10.2 Å². The molecular formula is C28H35F3N4O3. The van der Waals surface area contributed by atoms with Gasteiger partial charge < -0.3 is 24.6 Å². The number of ether oxygens (including phenoxy) is 2. The summed E-state index contributed by atoms with van der Waals surface area (Å²) in [4.78, 5) is 17.9. The third-order valence-corrected chi connectivity index (χ3v) is 9.86. The number of alkyl halides is 3. The number of hydrogen-bond donors (Lipinski definition) is 1. The minimum Gasteiger partial charge on any atom is -0.379 e. The maximum absolute atomic E-state index is 14.2. The summed E-state index contributed by atoms with van der Waals surface area (Å²) in [5, 5.41) is 13.1. The number of hydrogen-bond acceptors (Lipinski definition) is 6. The van der Waals surface area contributed by atoms with E-state index in [0.29, 0.717) is 38.6 Å². The third-order valence-electron chi connectivity index (χ3n) is 9.86. The molecule has 1 aromatic rings. The van der Waals surface area contributed by atoms with Crippen molar-refractivity contribution in [2.45, 2.75) is 81.4 Å². The van der Waals surface area contributed by atoms with Crippen molar-refractivity contribution in [2.75, 3.05) is 38.3 Å². The number of nitrogens with zero attached hydrogens (tertiary/aromatic N) is 3. The van der Waals surface area contributed by atoms with Crippen LogP contribution in [-0.2, 0) is 20.4 Å². The van der Waals surface area contributed by atoms with Crippen LogP contribution in [0.3, 0.4) is 0 Å². The van der Waals surface area contributed by atoms with Crippen LogP contribution in [0.5, 0.6) is 0 Å². The molecule has 6 rings (SSSR count). The second-order valence-corrected chi connectivity index (χ2v) is 11.8. The molecule has 7 atom stereocenters. The summed E-state index contributed by atoms with van der Waals surface area (Å²) >= 11 is 0. The topological polar surface area (TPSA) is 77.8 Å². The number of carbonyl (C=O) groups excluding carboxylic acids is 1. The molecule has 2 saturated carbocycles. The lowest BCUT2D eigenvalue weighted by Gasteiger charge is -2.41. The molecule has 0 radical (unpaired) electrons. The first kappa shape index (κ1) is 25.9. The number of carbonyl (C=O) groups is 1. The van der Waals surface area contributed by atoms with Crippen LogP contribution in [0.1, 0.15) is 56.1 Å². The molecular weight excluding hydrogens is 497 g/mol. The van der Waals surface area contributed by atoms with Crippen molar-refractivity contribution in [1.29, 1.82) is 5.26 Å². The number of piperazine rings is 1. The van der Waals surface area contributed by atoms with Crippen LogP contribution in [0.4, 0.5) is 18.9 Å². The van der Waals surface area contributed by atoms with E-state index in [0.717, 1.165) is 44.6 Å². The van der Waals surface area contributed by atoms with Gasteiger partial charge in [0.05, 0.1) is 47.1 Å². The quantitative estimate of drug-likeness (QED) is 0.623. The molecule has 10 heteroatoms. The number of rotatable bonds is 5. The monoisotopic (exact) mass is 532 g/mol. The van der Waals surface area contributed by atoms with Crippen LogP contribution in [-0.4, -0.2) is 74.5 Å².